The van der Waals surface area contributed by atoms with Crippen LogP contribution in [0.25, 0.3) is 0 Å². The molecule has 0 aromatic rings. The van der Waals surface area contributed by atoms with Gasteiger partial charge in [0.05, 0.1) is 5.92 Å². The maximum Gasteiger partial charge on any atom is 0.315 e. The molecule has 2 aliphatic rings. The molecule has 0 spiro atoms. The second-order valence-electron chi connectivity index (χ2n) is 5.13. The van der Waals surface area contributed by atoms with Crippen LogP contribution in [-0.4, -0.2) is 29.2 Å². The second kappa shape index (κ2) is 5.38. The molecule has 0 bridgehead atoms. The van der Waals surface area contributed by atoms with Gasteiger partial charge in [0, 0.05) is 12.1 Å². The third-order valence-electron chi connectivity index (χ3n) is 3.85. The lowest BCUT2D eigenvalue weighted by Crippen LogP contribution is -2.49. The van der Waals surface area contributed by atoms with Crippen LogP contribution in [0.2, 0.25) is 0 Å². The largest absolute Gasteiger partial charge is 0.481 e. The third kappa shape index (κ3) is 3.35. The Morgan fingerprint density at radius 1 is 0.882 bits per heavy atom. The summed E-state index contributed by atoms with van der Waals surface area (Å²) in [6, 6.07) is 0.407. The Morgan fingerprint density at radius 2 is 1.41 bits per heavy atom. The highest BCUT2D eigenvalue weighted by atomic mass is 16.4. The van der Waals surface area contributed by atoms with Gasteiger partial charge in [-0.05, 0) is 44.9 Å². The minimum Gasteiger partial charge on any atom is -0.481 e. The van der Waals surface area contributed by atoms with E-state index in [4.69, 9.17) is 5.11 Å². The van der Waals surface area contributed by atoms with Crippen LogP contribution in [0.3, 0.4) is 0 Å². The Morgan fingerprint density at radius 3 is 1.82 bits per heavy atom. The van der Waals surface area contributed by atoms with Gasteiger partial charge in [0.15, 0.2) is 0 Å². The number of amides is 2. The van der Waals surface area contributed by atoms with Gasteiger partial charge in [-0.3, -0.25) is 4.79 Å². The number of carboxylic acids is 1. The summed E-state index contributed by atoms with van der Waals surface area (Å²) in [6.07, 6.45) is 6.25. The van der Waals surface area contributed by atoms with Crippen molar-refractivity contribution in [3.63, 3.8) is 0 Å². The summed E-state index contributed by atoms with van der Waals surface area (Å²) in [4.78, 5) is 22.4. The first kappa shape index (κ1) is 12.2. The maximum atomic E-state index is 11.6. The molecule has 5 nitrogen and oxygen atoms in total. The number of hydrogen-bond donors (Lipinski definition) is 3. The molecule has 5 heteroatoms. The van der Waals surface area contributed by atoms with E-state index >= 15 is 0 Å². The van der Waals surface area contributed by atoms with Crippen LogP contribution < -0.4 is 10.6 Å². The van der Waals surface area contributed by atoms with Crippen LogP contribution in [0.4, 0.5) is 4.79 Å². The van der Waals surface area contributed by atoms with E-state index in [0.29, 0.717) is 18.9 Å². The zero-order valence-corrected chi connectivity index (χ0v) is 9.95. The molecule has 2 fully saturated rings. The zero-order valence-electron chi connectivity index (χ0n) is 9.95. The SMILES string of the molecule is O=C(NC1CCC1)NC1CCC(C(=O)O)CC1. The molecule has 17 heavy (non-hydrogen) atoms. The molecule has 0 heterocycles. The standard InChI is InChI=1S/C12H20N2O3/c15-11(16)8-4-6-10(7-5-8)14-12(17)13-9-2-1-3-9/h8-10H,1-7H2,(H,15,16)(H2,13,14,17). The fourth-order valence-electron chi connectivity index (χ4n) is 2.45. The molecular weight excluding hydrogens is 220 g/mol. The van der Waals surface area contributed by atoms with Gasteiger partial charge < -0.3 is 15.7 Å². The second-order valence-corrected chi connectivity index (χ2v) is 5.13. The molecule has 0 aliphatic heterocycles. The van der Waals surface area contributed by atoms with Crippen molar-refractivity contribution >= 4 is 12.0 Å². The molecule has 2 amide bonds. The minimum atomic E-state index is -0.706. The highest BCUT2D eigenvalue weighted by Gasteiger charge is 2.27. The quantitative estimate of drug-likeness (QED) is 0.699. The van der Waals surface area contributed by atoms with E-state index in [1.54, 1.807) is 0 Å². The lowest BCUT2D eigenvalue weighted by molar-refractivity contribution is -0.142. The third-order valence-corrected chi connectivity index (χ3v) is 3.85. The number of nitrogens with one attached hydrogen (secondary N) is 2. The molecule has 0 radical (unpaired) electrons. The van der Waals surface area contributed by atoms with Crippen molar-refractivity contribution in [1.82, 2.24) is 10.6 Å². The Hall–Kier alpha value is -1.26. The molecule has 0 aromatic carbocycles. The Kier molecular flexibility index (Phi) is 3.86. The number of carboxylic acid groups (broad SMARTS) is 1. The Bertz CT molecular complexity index is 294. The van der Waals surface area contributed by atoms with Crippen LogP contribution in [0.15, 0.2) is 0 Å². The summed E-state index contributed by atoms with van der Waals surface area (Å²) >= 11 is 0. The monoisotopic (exact) mass is 240 g/mol. The predicted molar refractivity (Wildman–Crippen MR) is 62.7 cm³/mol. The Balaban J connectivity index is 1.66. The fourth-order valence-corrected chi connectivity index (χ4v) is 2.45. The summed E-state index contributed by atoms with van der Waals surface area (Å²) in [6.45, 7) is 0. The number of urea groups is 1. The van der Waals surface area contributed by atoms with Crippen molar-refractivity contribution in [3.05, 3.63) is 0 Å². The van der Waals surface area contributed by atoms with Gasteiger partial charge in [0.25, 0.3) is 0 Å². The predicted octanol–water partition coefficient (Wildman–Crippen LogP) is 1.48. The Labute approximate surface area is 101 Å². The smallest absolute Gasteiger partial charge is 0.315 e. The van der Waals surface area contributed by atoms with E-state index < -0.39 is 5.97 Å². The summed E-state index contributed by atoms with van der Waals surface area (Å²) in [5.41, 5.74) is 0. The summed E-state index contributed by atoms with van der Waals surface area (Å²) in [5.74, 6) is -0.926. The summed E-state index contributed by atoms with van der Waals surface area (Å²) in [5, 5.41) is 14.7. The van der Waals surface area contributed by atoms with E-state index in [-0.39, 0.29) is 18.0 Å². The first-order valence-corrected chi connectivity index (χ1v) is 6.45. The molecular formula is C12H20N2O3. The van der Waals surface area contributed by atoms with Crippen molar-refractivity contribution in [2.24, 2.45) is 5.92 Å². The van der Waals surface area contributed by atoms with Gasteiger partial charge in [0.2, 0.25) is 0 Å². The van der Waals surface area contributed by atoms with Gasteiger partial charge in [-0.15, -0.1) is 0 Å². The molecule has 2 aliphatic carbocycles. The first-order chi connectivity index (χ1) is 8.15. The molecule has 3 N–H and O–H groups in total. The number of rotatable bonds is 3. The number of carbonyl (C=O) groups excluding carboxylic acids is 1. The highest BCUT2D eigenvalue weighted by molar-refractivity contribution is 5.74. The van der Waals surface area contributed by atoms with Gasteiger partial charge in [-0.1, -0.05) is 0 Å². The molecule has 0 unspecified atom stereocenters. The van der Waals surface area contributed by atoms with Crippen molar-refractivity contribution in [3.8, 4) is 0 Å². The average molecular weight is 240 g/mol. The number of hydrogen-bond acceptors (Lipinski definition) is 2. The van der Waals surface area contributed by atoms with Crippen molar-refractivity contribution in [2.75, 3.05) is 0 Å². The molecule has 2 rings (SSSR count). The maximum absolute atomic E-state index is 11.6. The van der Waals surface area contributed by atoms with E-state index in [0.717, 1.165) is 25.7 Å². The first-order valence-electron chi connectivity index (χ1n) is 6.45. The normalized spacial score (nSPS) is 29.2. The zero-order chi connectivity index (χ0) is 12.3. The average Bonchev–Trinajstić information content (AvgIpc) is 2.24. The van der Waals surface area contributed by atoms with Crippen LogP contribution in [0.1, 0.15) is 44.9 Å². The summed E-state index contributed by atoms with van der Waals surface area (Å²) < 4.78 is 0. The molecule has 0 aromatic heterocycles. The molecule has 0 saturated heterocycles. The van der Waals surface area contributed by atoms with Crippen molar-refractivity contribution in [1.29, 1.82) is 0 Å². The van der Waals surface area contributed by atoms with Crippen LogP contribution in [0.5, 0.6) is 0 Å². The lowest BCUT2D eigenvalue weighted by atomic mass is 9.86. The van der Waals surface area contributed by atoms with E-state index in [1.807, 2.05) is 0 Å². The molecule has 2 saturated carbocycles. The number of carbonyl (C=O) groups is 2. The lowest BCUT2D eigenvalue weighted by Gasteiger charge is -2.30. The highest BCUT2D eigenvalue weighted by Crippen LogP contribution is 2.24. The van der Waals surface area contributed by atoms with Crippen molar-refractivity contribution < 1.29 is 14.7 Å². The van der Waals surface area contributed by atoms with Gasteiger partial charge >= 0.3 is 12.0 Å². The van der Waals surface area contributed by atoms with E-state index in [2.05, 4.69) is 10.6 Å². The van der Waals surface area contributed by atoms with Crippen LogP contribution in [-0.2, 0) is 4.79 Å². The van der Waals surface area contributed by atoms with E-state index in [1.165, 1.54) is 6.42 Å². The van der Waals surface area contributed by atoms with Gasteiger partial charge in [0.1, 0.15) is 0 Å². The van der Waals surface area contributed by atoms with E-state index in [9.17, 15) is 9.59 Å². The van der Waals surface area contributed by atoms with Crippen molar-refractivity contribution in [2.45, 2.75) is 57.0 Å². The number of aliphatic carboxylic acids is 1. The van der Waals surface area contributed by atoms with Crippen LogP contribution in [0, 0.1) is 5.92 Å². The molecule has 0 atom stereocenters. The van der Waals surface area contributed by atoms with Gasteiger partial charge in [-0.25, -0.2) is 4.79 Å². The van der Waals surface area contributed by atoms with Crippen LogP contribution >= 0.6 is 0 Å². The molecule has 96 valence electrons. The topological polar surface area (TPSA) is 78.4 Å². The summed E-state index contributed by atoms with van der Waals surface area (Å²) in [7, 11) is 0. The van der Waals surface area contributed by atoms with Gasteiger partial charge in [-0.2, -0.15) is 0 Å². The fraction of sp³-hybridized carbons (Fsp3) is 0.833. The minimum absolute atomic E-state index is 0.0894.